The molecule has 2 amide bonds. The third kappa shape index (κ3) is 4.47. The van der Waals surface area contributed by atoms with Crippen molar-refractivity contribution in [2.24, 2.45) is 0 Å². The Labute approximate surface area is 194 Å². The number of rotatable bonds is 5. The second kappa shape index (κ2) is 9.29. The predicted molar refractivity (Wildman–Crippen MR) is 109 cm³/mol. The standard InChI is InChI=1S/C22H20F5N3O5/c1-9-2-3-16(35-22(26)27)15-8-29(9)21(34)17-19(32)18(31)12(7-30(15)17)20(33)28-6-11-13(24)4-10(23)5-14(11)25/h4-5,7,9,15-16,22,32H,2-3,6,8H2,1H3,(H,28,33)/t9-,15+,16-/m0/s1. The first-order valence-electron chi connectivity index (χ1n) is 10.6. The Bertz CT molecular complexity index is 1230. The Hall–Kier alpha value is -3.48. The number of halogens is 5. The van der Waals surface area contributed by atoms with E-state index >= 15 is 0 Å². The molecule has 4 rings (SSSR count). The van der Waals surface area contributed by atoms with E-state index in [-0.39, 0.29) is 19.0 Å². The van der Waals surface area contributed by atoms with Crippen molar-refractivity contribution in [3.05, 3.63) is 62.8 Å². The quantitative estimate of drug-likeness (QED) is 0.614. The van der Waals surface area contributed by atoms with Gasteiger partial charge in [0, 0.05) is 43.0 Å². The van der Waals surface area contributed by atoms with Crippen LogP contribution in [0.2, 0.25) is 0 Å². The summed E-state index contributed by atoms with van der Waals surface area (Å²) in [5.74, 6) is -6.64. The molecular formula is C22H20F5N3O5. The molecule has 3 heterocycles. The smallest absolute Gasteiger partial charge is 0.345 e. The molecule has 1 aromatic heterocycles. The van der Waals surface area contributed by atoms with Crippen LogP contribution in [-0.2, 0) is 11.3 Å². The van der Waals surface area contributed by atoms with Gasteiger partial charge in [0.15, 0.2) is 11.4 Å². The maximum absolute atomic E-state index is 13.9. The largest absolute Gasteiger partial charge is 0.503 e. The summed E-state index contributed by atoms with van der Waals surface area (Å²) in [5, 5.41) is 12.6. The number of alkyl halides is 2. The molecule has 2 N–H and O–H groups in total. The van der Waals surface area contributed by atoms with Gasteiger partial charge >= 0.3 is 6.61 Å². The van der Waals surface area contributed by atoms with Crippen molar-refractivity contribution in [2.75, 3.05) is 6.54 Å². The minimum atomic E-state index is -3.13. The predicted octanol–water partition coefficient (Wildman–Crippen LogP) is 2.69. The third-order valence-corrected chi connectivity index (χ3v) is 6.30. The lowest BCUT2D eigenvalue weighted by Gasteiger charge is -2.38. The van der Waals surface area contributed by atoms with Crippen molar-refractivity contribution in [3.63, 3.8) is 0 Å². The Kier molecular flexibility index (Phi) is 6.54. The van der Waals surface area contributed by atoms with Crippen LogP contribution in [-0.4, -0.2) is 51.7 Å². The van der Waals surface area contributed by atoms with Crippen molar-refractivity contribution in [1.82, 2.24) is 14.8 Å². The summed E-state index contributed by atoms with van der Waals surface area (Å²) in [6, 6.07) is -0.509. The zero-order chi connectivity index (χ0) is 25.6. The lowest BCUT2D eigenvalue weighted by Crippen LogP contribution is -2.49. The van der Waals surface area contributed by atoms with Gasteiger partial charge in [-0.15, -0.1) is 0 Å². The van der Waals surface area contributed by atoms with Crippen LogP contribution in [0.4, 0.5) is 22.0 Å². The molecule has 0 unspecified atom stereocenters. The number of aromatic hydroxyl groups is 1. The van der Waals surface area contributed by atoms with Crippen molar-refractivity contribution in [3.8, 4) is 5.75 Å². The Morgan fingerprint density at radius 1 is 1.20 bits per heavy atom. The number of aromatic nitrogens is 1. The molecule has 8 nitrogen and oxygen atoms in total. The third-order valence-electron chi connectivity index (χ3n) is 6.30. The average Bonchev–Trinajstić information content (AvgIpc) is 2.91. The molecule has 2 aliphatic rings. The molecule has 1 saturated heterocycles. The van der Waals surface area contributed by atoms with Crippen molar-refractivity contribution in [2.45, 2.75) is 51.1 Å². The number of hydrogen-bond donors (Lipinski definition) is 2. The summed E-state index contributed by atoms with van der Waals surface area (Å²) in [5.41, 5.74) is -3.07. The van der Waals surface area contributed by atoms with E-state index in [1.165, 1.54) is 4.90 Å². The van der Waals surface area contributed by atoms with Gasteiger partial charge in [-0.1, -0.05) is 0 Å². The number of hydrogen-bond acceptors (Lipinski definition) is 5. The minimum Gasteiger partial charge on any atom is -0.503 e. The first-order valence-corrected chi connectivity index (χ1v) is 10.6. The topological polar surface area (TPSA) is 101 Å². The molecule has 35 heavy (non-hydrogen) atoms. The highest BCUT2D eigenvalue weighted by molar-refractivity contribution is 5.99. The normalized spacial score (nSPS) is 21.6. The number of nitrogens with one attached hydrogen (secondary N) is 1. The van der Waals surface area contributed by atoms with Crippen LogP contribution in [0.3, 0.4) is 0 Å². The van der Waals surface area contributed by atoms with E-state index in [9.17, 15) is 41.4 Å². The molecule has 2 aliphatic heterocycles. The molecule has 188 valence electrons. The summed E-state index contributed by atoms with van der Waals surface area (Å²) < 4.78 is 72.8. The average molecular weight is 501 g/mol. The van der Waals surface area contributed by atoms with Gasteiger partial charge in [0.2, 0.25) is 5.43 Å². The number of ether oxygens (including phenoxy) is 1. The van der Waals surface area contributed by atoms with Crippen LogP contribution >= 0.6 is 0 Å². The number of pyridine rings is 1. The van der Waals surface area contributed by atoms with Crippen molar-refractivity contribution in [1.29, 1.82) is 0 Å². The fraction of sp³-hybridized carbons (Fsp3) is 0.409. The highest BCUT2D eigenvalue weighted by Crippen LogP contribution is 2.36. The lowest BCUT2D eigenvalue weighted by molar-refractivity contribution is -0.175. The van der Waals surface area contributed by atoms with Crippen LogP contribution in [0.1, 0.15) is 52.2 Å². The molecule has 1 fully saturated rings. The number of carbonyl (C=O) groups excluding carboxylic acids is 2. The molecule has 0 aliphatic carbocycles. The zero-order valence-electron chi connectivity index (χ0n) is 18.2. The highest BCUT2D eigenvalue weighted by atomic mass is 19.3. The lowest BCUT2D eigenvalue weighted by atomic mass is 10.0. The fourth-order valence-electron chi connectivity index (χ4n) is 4.49. The molecule has 2 aromatic rings. The number of benzene rings is 1. The summed E-state index contributed by atoms with van der Waals surface area (Å²) in [6.45, 7) is -2.26. The molecule has 3 atom stereocenters. The molecular weight excluding hydrogens is 481 g/mol. The van der Waals surface area contributed by atoms with E-state index in [1.807, 2.05) is 0 Å². The number of fused-ring (bicyclic) bond motifs is 4. The Morgan fingerprint density at radius 2 is 1.86 bits per heavy atom. The van der Waals surface area contributed by atoms with Crippen LogP contribution < -0.4 is 10.7 Å². The molecule has 0 spiro atoms. The zero-order valence-corrected chi connectivity index (χ0v) is 18.2. The highest BCUT2D eigenvalue weighted by Gasteiger charge is 2.43. The summed E-state index contributed by atoms with van der Waals surface area (Å²) in [6.07, 6.45) is 0.287. The van der Waals surface area contributed by atoms with Gasteiger partial charge in [-0.25, -0.2) is 13.2 Å². The van der Waals surface area contributed by atoms with Crippen molar-refractivity contribution < 1.29 is 41.4 Å². The van der Waals surface area contributed by atoms with Crippen LogP contribution in [0.5, 0.6) is 5.75 Å². The van der Waals surface area contributed by atoms with Gasteiger partial charge in [0.1, 0.15) is 23.0 Å². The van der Waals surface area contributed by atoms with Gasteiger partial charge in [-0.3, -0.25) is 14.4 Å². The summed E-state index contributed by atoms with van der Waals surface area (Å²) in [4.78, 5) is 39.7. The van der Waals surface area contributed by atoms with E-state index in [4.69, 9.17) is 4.74 Å². The van der Waals surface area contributed by atoms with Gasteiger partial charge in [0.25, 0.3) is 11.8 Å². The van der Waals surface area contributed by atoms with Gasteiger partial charge < -0.3 is 24.6 Å². The number of amides is 2. The fourth-order valence-corrected chi connectivity index (χ4v) is 4.49. The van der Waals surface area contributed by atoms with E-state index in [0.29, 0.717) is 18.6 Å². The Morgan fingerprint density at radius 3 is 2.49 bits per heavy atom. The Balaban J connectivity index is 1.72. The molecule has 13 heteroatoms. The number of nitrogens with zero attached hydrogens (tertiary/aromatic N) is 2. The SMILES string of the molecule is C[C@H]1CC[C@H](OC(F)F)[C@H]2CN1C(=O)c1c(O)c(=O)c(C(=O)NCc3c(F)cc(F)cc3F)cn12. The van der Waals surface area contributed by atoms with E-state index in [2.05, 4.69) is 5.32 Å². The molecule has 1 aromatic carbocycles. The maximum Gasteiger partial charge on any atom is 0.345 e. The minimum absolute atomic E-state index is 0.0697. The van der Waals surface area contributed by atoms with Gasteiger partial charge in [-0.05, 0) is 19.8 Å². The van der Waals surface area contributed by atoms with Crippen LogP contribution in [0, 0.1) is 17.5 Å². The maximum atomic E-state index is 13.9. The van der Waals surface area contributed by atoms with E-state index in [0.717, 1.165) is 10.8 Å². The van der Waals surface area contributed by atoms with Crippen LogP contribution in [0.25, 0.3) is 0 Å². The van der Waals surface area contributed by atoms with E-state index in [1.54, 1.807) is 6.92 Å². The molecule has 0 saturated carbocycles. The van der Waals surface area contributed by atoms with Gasteiger partial charge in [-0.2, -0.15) is 8.78 Å². The second-order valence-corrected chi connectivity index (χ2v) is 8.39. The first kappa shape index (κ1) is 24.6. The summed E-state index contributed by atoms with van der Waals surface area (Å²) >= 11 is 0. The molecule has 0 radical (unpaired) electrons. The summed E-state index contributed by atoms with van der Waals surface area (Å²) in [7, 11) is 0. The van der Waals surface area contributed by atoms with Gasteiger partial charge in [0.05, 0.1) is 12.1 Å². The first-order chi connectivity index (χ1) is 16.5. The second-order valence-electron chi connectivity index (χ2n) is 8.39. The van der Waals surface area contributed by atoms with Crippen LogP contribution in [0.15, 0.2) is 23.1 Å². The monoisotopic (exact) mass is 501 g/mol. The van der Waals surface area contributed by atoms with E-state index < -0.39 is 82.6 Å². The number of carbonyl (C=O) groups is 2. The van der Waals surface area contributed by atoms with Crippen molar-refractivity contribution >= 4 is 11.8 Å². The molecule has 2 bridgehead atoms.